The Morgan fingerprint density at radius 1 is 0.889 bits per heavy atom. The highest BCUT2D eigenvalue weighted by molar-refractivity contribution is 7.60. The van der Waals surface area contributed by atoms with Crippen LogP contribution in [-0.4, -0.2) is 5.66 Å². The minimum Gasteiger partial charge on any atom is -0.340 e. The number of hydrogen-bond acceptors (Lipinski definition) is 1. The van der Waals surface area contributed by atoms with Crippen LogP contribution in [-0.2, 0) is 4.52 Å². The number of benzene rings is 1. The molecule has 0 amide bonds. The van der Waals surface area contributed by atoms with Crippen molar-refractivity contribution in [1.82, 2.24) is 0 Å². The van der Waals surface area contributed by atoms with Crippen LogP contribution < -0.4 is 0 Å². The monoisotopic (exact) mass is 258 g/mol. The summed E-state index contributed by atoms with van der Waals surface area (Å²) in [5, 5.41) is 0. The smallest absolute Gasteiger partial charge is 0.132 e. The second-order valence-electron chi connectivity index (χ2n) is 5.25. The molecule has 18 heavy (non-hydrogen) atoms. The molecule has 0 radical (unpaired) electrons. The van der Waals surface area contributed by atoms with Gasteiger partial charge in [0.05, 0.1) is 8.15 Å². The van der Waals surface area contributed by atoms with Crippen LogP contribution in [0.5, 0.6) is 0 Å². The van der Waals surface area contributed by atoms with E-state index in [1.807, 2.05) is 0 Å². The van der Waals surface area contributed by atoms with Gasteiger partial charge in [-0.2, -0.15) is 0 Å². The molecular weight excluding hydrogens is 239 g/mol. The van der Waals surface area contributed by atoms with E-state index in [1.54, 1.807) is 0 Å². The highest BCUT2D eigenvalue weighted by Crippen LogP contribution is 2.77. The van der Waals surface area contributed by atoms with Gasteiger partial charge in [-0.15, -0.1) is 0 Å². The van der Waals surface area contributed by atoms with Gasteiger partial charge in [0.2, 0.25) is 0 Å². The summed E-state index contributed by atoms with van der Waals surface area (Å²) in [7, 11) is -0.339. The van der Waals surface area contributed by atoms with Gasteiger partial charge in [-0.1, -0.05) is 41.5 Å². The fourth-order valence-corrected chi connectivity index (χ4v) is 5.29. The number of allylic oxidation sites excluding steroid dienone is 4. The van der Waals surface area contributed by atoms with Crippen molar-refractivity contribution in [3.05, 3.63) is 58.2 Å². The van der Waals surface area contributed by atoms with Gasteiger partial charge < -0.3 is 4.52 Å². The molecule has 2 atom stereocenters. The van der Waals surface area contributed by atoms with Crippen LogP contribution in [0.25, 0.3) is 0 Å². The van der Waals surface area contributed by atoms with Crippen LogP contribution >= 0.6 is 8.15 Å². The van der Waals surface area contributed by atoms with Crippen molar-refractivity contribution in [3.8, 4) is 0 Å². The summed E-state index contributed by atoms with van der Waals surface area (Å²) in [6.45, 7) is 9.02. The largest absolute Gasteiger partial charge is 0.340 e. The topological polar surface area (TPSA) is 12.5 Å². The zero-order valence-electron chi connectivity index (χ0n) is 11.4. The lowest BCUT2D eigenvalue weighted by molar-refractivity contribution is 0.469. The molecule has 1 heterocycles. The van der Waals surface area contributed by atoms with Gasteiger partial charge in [0.15, 0.2) is 0 Å². The first kappa shape index (κ1) is 12.1. The van der Waals surface area contributed by atoms with E-state index in [-0.39, 0.29) is 8.15 Å². The van der Waals surface area contributed by atoms with E-state index in [1.165, 1.54) is 27.9 Å². The third-order valence-corrected chi connectivity index (χ3v) is 6.71. The molecule has 2 unspecified atom stereocenters. The number of hydrogen-bond donors (Lipinski definition) is 0. The van der Waals surface area contributed by atoms with E-state index in [9.17, 15) is 0 Å². The molecule has 1 aromatic rings. The second kappa shape index (κ2) is 4.33. The van der Waals surface area contributed by atoms with Crippen molar-refractivity contribution < 1.29 is 4.52 Å². The summed E-state index contributed by atoms with van der Waals surface area (Å²) in [5.74, 6) is 0.356. The van der Waals surface area contributed by atoms with Crippen molar-refractivity contribution in [2.45, 2.75) is 39.2 Å². The lowest BCUT2D eigenvalue weighted by Crippen LogP contribution is -2.01. The fourth-order valence-electron chi connectivity index (χ4n) is 2.82. The summed E-state index contributed by atoms with van der Waals surface area (Å²) < 4.78 is 6.02. The molecule has 2 aliphatic rings. The minimum atomic E-state index is -0.339. The zero-order chi connectivity index (χ0) is 12.9. The normalized spacial score (nSPS) is 28.2. The first-order chi connectivity index (χ1) is 8.61. The van der Waals surface area contributed by atoms with E-state index in [4.69, 9.17) is 4.52 Å². The minimum absolute atomic E-state index is 0.339. The summed E-state index contributed by atoms with van der Waals surface area (Å²) in [4.78, 5) is 0. The highest BCUT2D eigenvalue weighted by atomic mass is 31.2. The van der Waals surface area contributed by atoms with E-state index in [2.05, 4.69) is 58.0 Å². The van der Waals surface area contributed by atoms with Crippen LogP contribution in [0.4, 0.5) is 0 Å². The molecule has 0 spiro atoms. The lowest BCUT2D eigenvalue weighted by Gasteiger charge is -2.11. The predicted molar refractivity (Wildman–Crippen MR) is 77.7 cm³/mol. The van der Waals surface area contributed by atoms with E-state index < -0.39 is 0 Å². The number of rotatable bonds is 2. The molecule has 2 heteroatoms. The van der Waals surface area contributed by atoms with Crippen LogP contribution in [0.1, 0.15) is 39.1 Å². The molecule has 0 saturated carbocycles. The molecule has 3 rings (SSSR count). The quantitative estimate of drug-likeness (QED) is 0.526. The lowest BCUT2D eigenvalue weighted by atomic mass is 10.1. The van der Waals surface area contributed by atoms with E-state index in [0.29, 0.717) is 11.5 Å². The van der Waals surface area contributed by atoms with Gasteiger partial charge in [0.1, 0.15) is 5.85 Å². The predicted octanol–water partition coefficient (Wildman–Crippen LogP) is 5.17. The standard InChI is InChI=1S/C16H19OP/c1-10-11(2)13(4)15(12(10)3)18-16(17-18)14-8-6-5-7-9-14/h5-9,15-16H,1-4H3. The second-order valence-corrected chi connectivity index (χ2v) is 7.16. The van der Waals surface area contributed by atoms with Crippen molar-refractivity contribution in [1.29, 1.82) is 0 Å². The summed E-state index contributed by atoms with van der Waals surface area (Å²) in [5.41, 5.74) is 7.89. The van der Waals surface area contributed by atoms with Gasteiger partial charge in [0.25, 0.3) is 0 Å². The van der Waals surface area contributed by atoms with Gasteiger partial charge in [-0.25, -0.2) is 0 Å². The molecule has 1 saturated heterocycles. The summed E-state index contributed by atoms with van der Waals surface area (Å²) >= 11 is 0. The summed E-state index contributed by atoms with van der Waals surface area (Å²) in [6, 6.07) is 10.6. The van der Waals surface area contributed by atoms with Gasteiger partial charge >= 0.3 is 0 Å². The molecule has 1 aromatic carbocycles. The Morgan fingerprint density at radius 3 is 2.00 bits per heavy atom. The maximum absolute atomic E-state index is 6.02. The Bertz CT molecular complexity index is 517. The Labute approximate surface area is 110 Å². The van der Waals surface area contributed by atoms with Crippen molar-refractivity contribution in [3.63, 3.8) is 0 Å². The first-order valence-corrected chi connectivity index (χ1v) is 7.86. The maximum Gasteiger partial charge on any atom is 0.132 e. The van der Waals surface area contributed by atoms with Crippen LogP contribution in [0.3, 0.4) is 0 Å². The van der Waals surface area contributed by atoms with Gasteiger partial charge in [-0.05, 0) is 44.4 Å². The molecule has 1 aliphatic heterocycles. The third-order valence-electron chi connectivity index (χ3n) is 4.31. The SMILES string of the molecule is CC1=C(C)C(P2OC2c2ccccc2)C(C)=C1C. The van der Waals surface area contributed by atoms with Gasteiger partial charge in [0, 0.05) is 5.66 Å². The van der Waals surface area contributed by atoms with Gasteiger partial charge in [-0.3, -0.25) is 0 Å². The molecule has 1 nitrogen and oxygen atoms in total. The summed E-state index contributed by atoms with van der Waals surface area (Å²) in [6.07, 6.45) is 0. The Balaban J connectivity index is 1.84. The van der Waals surface area contributed by atoms with Crippen LogP contribution in [0.15, 0.2) is 52.6 Å². The van der Waals surface area contributed by atoms with E-state index in [0.717, 1.165) is 0 Å². The average Bonchev–Trinajstić information content (AvgIpc) is 3.14. The molecule has 0 N–H and O–H groups in total. The van der Waals surface area contributed by atoms with Crippen molar-refractivity contribution in [2.24, 2.45) is 0 Å². The fraction of sp³-hybridized carbons (Fsp3) is 0.375. The molecule has 0 bridgehead atoms. The zero-order valence-corrected chi connectivity index (χ0v) is 12.3. The molecule has 1 aliphatic carbocycles. The average molecular weight is 258 g/mol. The third kappa shape index (κ3) is 1.77. The highest BCUT2D eigenvalue weighted by Gasteiger charge is 2.49. The van der Waals surface area contributed by atoms with Crippen molar-refractivity contribution >= 4 is 8.15 Å². The molecule has 1 fully saturated rings. The first-order valence-electron chi connectivity index (χ1n) is 6.46. The maximum atomic E-state index is 6.02. The Morgan fingerprint density at radius 2 is 1.44 bits per heavy atom. The molecule has 0 aromatic heterocycles. The Kier molecular flexibility index (Phi) is 2.92. The van der Waals surface area contributed by atoms with Crippen molar-refractivity contribution in [2.75, 3.05) is 0 Å². The van der Waals surface area contributed by atoms with Crippen LogP contribution in [0, 0.1) is 0 Å². The Hall–Kier alpha value is -0.910. The molecular formula is C16H19OP. The van der Waals surface area contributed by atoms with E-state index >= 15 is 0 Å². The molecule has 94 valence electrons. The van der Waals surface area contributed by atoms with Crippen LogP contribution in [0.2, 0.25) is 0 Å².